The first kappa shape index (κ1) is 26.2. The van der Waals surface area contributed by atoms with Gasteiger partial charge in [-0.15, -0.1) is 11.3 Å². The number of hydrogen-bond donors (Lipinski definition) is 2. The Balaban J connectivity index is 1.33. The second-order valence-corrected chi connectivity index (χ2v) is 12.0. The highest BCUT2D eigenvalue weighted by Crippen LogP contribution is 2.34. The molecule has 0 radical (unpaired) electrons. The molecular formula is C26H30ClN3O5S. The molecule has 2 aliphatic rings. The Kier molecular flexibility index (Phi) is 7.70. The Labute approximate surface area is 219 Å². The Morgan fingerprint density at radius 1 is 1.06 bits per heavy atom. The third kappa shape index (κ3) is 6.07. The fraction of sp³-hybridized carbons (Fsp3) is 0.462. The van der Waals surface area contributed by atoms with Gasteiger partial charge in [0.1, 0.15) is 5.60 Å². The fourth-order valence-electron chi connectivity index (χ4n) is 4.64. The van der Waals surface area contributed by atoms with Gasteiger partial charge in [-0.05, 0) is 82.6 Å². The van der Waals surface area contributed by atoms with Crippen LogP contribution in [-0.2, 0) is 4.74 Å². The molecule has 1 aliphatic carbocycles. The van der Waals surface area contributed by atoms with Crippen molar-refractivity contribution in [3.8, 4) is 0 Å². The number of nitrogens with zero attached hydrogens (tertiary/aromatic N) is 1. The SMILES string of the molecule is CC(C)(C)OC(=O)NCC1CCC(CN2C(=O)c3cccc(NC(=O)c4ccc(Cl)s4)c3C2=O)CC1. The Morgan fingerprint density at radius 2 is 1.75 bits per heavy atom. The zero-order valence-electron chi connectivity index (χ0n) is 20.6. The highest BCUT2D eigenvalue weighted by Gasteiger charge is 2.39. The predicted octanol–water partition coefficient (Wildman–Crippen LogP) is 5.58. The molecule has 1 saturated carbocycles. The van der Waals surface area contributed by atoms with Crippen molar-refractivity contribution in [3.05, 3.63) is 50.7 Å². The van der Waals surface area contributed by atoms with E-state index in [1.54, 1.807) is 30.3 Å². The van der Waals surface area contributed by atoms with E-state index in [2.05, 4.69) is 10.6 Å². The van der Waals surface area contributed by atoms with Crippen molar-refractivity contribution in [1.82, 2.24) is 10.2 Å². The second-order valence-electron chi connectivity index (χ2n) is 10.3. The van der Waals surface area contributed by atoms with Gasteiger partial charge in [-0.25, -0.2) is 4.79 Å². The maximum absolute atomic E-state index is 13.3. The van der Waals surface area contributed by atoms with Crippen molar-refractivity contribution >= 4 is 52.4 Å². The van der Waals surface area contributed by atoms with Gasteiger partial charge in [0.2, 0.25) is 0 Å². The summed E-state index contributed by atoms with van der Waals surface area (Å²) in [5.74, 6) is -0.570. The zero-order valence-corrected chi connectivity index (χ0v) is 22.1. The number of anilines is 1. The van der Waals surface area contributed by atoms with E-state index in [4.69, 9.17) is 16.3 Å². The van der Waals surface area contributed by atoms with Gasteiger partial charge < -0.3 is 15.4 Å². The smallest absolute Gasteiger partial charge is 0.407 e. The van der Waals surface area contributed by atoms with Crippen molar-refractivity contribution in [2.24, 2.45) is 11.8 Å². The van der Waals surface area contributed by atoms with E-state index in [9.17, 15) is 19.2 Å². The number of carbonyl (C=O) groups excluding carboxylic acids is 4. The molecule has 2 N–H and O–H groups in total. The van der Waals surface area contributed by atoms with E-state index < -0.39 is 11.7 Å². The Morgan fingerprint density at radius 3 is 2.39 bits per heavy atom. The first-order chi connectivity index (χ1) is 17.0. The average Bonchev–Trinajstić information content (AvgIpc) is 3.35. The molecule has 0 spiro atoms. The molecular weight excluding hydrogens is 502 g/mol. The first-order valence-electron chi connectivity index (χ1n) is 12.0. The van der Waals surface area contributed by atoms with Gasteiger partial charge in [-0.1, -0.05) is 17.7 Å². The summed E-state index contributed by atoms with van der Waals surface area (Å²) in [4.78, 5) is 52.5. The minimum Gasteiger partial charge on any atom is -0.444 e. The number of imide groups is 1. The number of thiophene rings is 1. The van der Waals surface area contributed by atoms with Gasteiger partial charge in [0.05, 0.1) is 26.0 Å². The van der Waals surface area contributed by atoms with E-state index in [0.717, 1.165) is 37.0 Å². The summed E-state index contributed by atoms with van der Waals surface area (Å²) in [6.07, 6.45) is 3.09. The van der Waals surface area contributed by atoms with Gasteiger partial charge in [0, 0.05) is 13.1 Å². The highest BCUT2D eigenvalue weighted by atomic mass is 35.5. The Hall–Kier alpha value is -2.91. The summed E-state index contributed by atoms with van der Waals surface area (Å²) in [6.45, 7) is 6.37. The number of alkyl carbamates (subject to hydrolysis) is 1. The number of nitrogens with one attached hydrogen (secondary N) is 2. The molecule has 36 heavy (non-hydrogen) atoms. The van der Waals surface area contributed by atoms with Crippen LogP contribution in [0.2, 0.25) is 4.34 Å². The van der Waals surface area contributed by atoms with Crippen LogP contribution in [-0.4, -0.2) is 47.4 Å². The van der Waals surface area contributed by atoms with Gasteiger partial charge in [0.15, 0.2) is 0 Å². The number of halogens is 1. The summed E-state index contributed by atoms with van der Waals surface area (Å²) >= 11 is 7.07. The molecule has 4 rings (SSSR count). The minimum atomic E-state index is -0.533. The van der Waals surface area contributed by atoms with Crippen LogP contribution in [0, 0.1) is 11.8 Å². The maximum Gasteiger partial charge on any atom is 0.407 e. The molecule has 192 valence electrons. The lowest BCUT2D eigenvalue weighted by molar-refractivity contribution is 0.0503. The fourth-order valence-corrected chi connectivity index (χ4v) is 5.58. The van der Waals surface area contributed by atoms with Crippen LogP contribution in [0.1, 0.15) is 76.8 Å². The monoisotopic (exact) mass is 531 g/mol. The molecule has 4 amide bonds. The number of fused-ring (bicyclic) bond motifs is 1. The summed E-state index contributed by atoms with van der Waals surface area (Å²) in [7, 11) is 0. The van der Waals surface area contributed by atoms with Crippen molar-refractivity contribution in [3.63, 3.8) is 0 Å². The third-order valence-corrected chi connectivity index (χ3v) is 7.62. The molecule has 2 aromatic rings. The largest absolute Gasteiger partial charge is 0.444 e. The quantitative estimate of drug-likeness (QED) is 0.473. The van der Waals surface area contributed by atoms with Crippen molar-refractivity contribution < 1.29 is 23.9 Å². The number of ether oxygens (including phenoxy) is 1. The number of benzene rings is 1. The van der Waals surface area contributed by atoms with Crippen LogP contribution < -0.4 is 10.6 Å². The lowest BCUT2D eigenvalue weighted by Gasteiger charge is -2.31. The van der Waals surface area contributed by atoms with E-state index in [1.165, 1.54) is 4.90 Å². The van der Waals surface area contributed by atoms with Crippen LogP contribution in [0.4, 0.5) is 10.5 Å². The zero-order chi connectivity index (χ0) is 26.0. The van der Waals surface area contributed by atoms with Crippen LogP contribution in [0.3, 0.4) is 0 Å². The molecule has 10 heteroatoms. The van der Waals surface area contributed by atoms with Gasteiger partial charge in [0.25, 0.3) is 17.7 Å². The summed E-state index contributed by atoms with van der Waals surface area (Å²) in [5.41, 5.74) is 0.319. The van der Waals surface area contributed by atoms with Crippen LogP contribution in [0.25, 0.3) is 0 Å². The molecule has 1 fully saturated rings. The minimum absolute atomic E-state index is 0.191. The number of rotatable bonds is 6. The molecule has 0 bridgehead atoms. The van der Waals surface area contributed by atoms with Crippen molar-refractivity contribution in [2.45, 2.75) is 52.1 Å². The molecule has 1 aromatic heterocycles. The van der Waals surface area contributed by atoms with E-state index in [1.807, 2.05) is 20.8 Å². The molecule has 1 aliphatic heterocycles. The maximum atomic E-state index is 13.3. The van der Waals surface area contributed by atoms with Crippen LogP contribution >= 0.6 is 22.9 Å². The highest BCUT2D eigenvalue weighted by molar-refractivity contribution is 7.18. The van der Waals surface area contributed by atoms with Gasteiger partial charge >= 0.3 is 6.09 Å². The molecule has 0 atom stereocenters. The van der Waals surface area contributed by atoms with Crippen LogP contribution in [0.15, 0.2) is 30.3 Å². The second kappa shape index (κ2) is 10.6. The number of hydrogen-bond acceptors (Lipinski definition) is 6. The lowest BCUT2D eigenvalue weighted by Crippen LogP contribution is -2.38. The normalized spacial score (nSPS) is 19.7. The number of amides is 4. The molecule has 2 heterocycles. The Bertz CT molecular complexity index is 1180. The third-order valence-electron chi connectivity index (χ3n) is 6.39. The summed E-state index contributed by atoms with van der Waals surface area (Å²) < 4.78 is 5.78. The topological polar surface area (TPSA) is 105 Å². The lowest BCUT2D eigenvalue weighted by atomic mass is 9.81. The van der Waals surface area contributed by atoms with Crippen molar-refractivity contribution in [1.29, 1.82) is 0 Å². The van der Waals surface area contributed by atoms with Crippen LogP contribution in [0.5, 0.6) is 0 Å². The van der Waals surface area contributed by atoms with Crippen molar-refractivity contribution in [2.75, 3.05) is 18.4 Å². The van der Waals surface area contributed by atoms with Gasteiger partial charge in [-0.2, -0.15) is 0 Å². The van der Waals surface area contributed by atoms with Gasteiger partial charge in [-0.3, -0.25) is 19.3 Å². The average molecular weight is 532 g/mol. The van der Waals surface area contributed by atoms with E-state index in [-0.39, 0.29) is 29.2 Å². The molecule has 0 unspecified atom stereocenters. The standard InChI is InChI=1S/C26H30ClN3O5S/c1-26(2,3)35-25(34)28-13-15-7-9-16(10-8-15)14-30-23(32)17-5-4-6-18(21(17)24(30)33)29-22(31)19-11-12-20(27)36-19/h4-6,11-12,15-16H,7-10,13-14H2,1-3H3,(H,28,34)(H,29,31). The van der Waals surface area contributed by atoms with E-state index in [0.29, 0.717) is 39.5 Å². The van der Waals surface area contributed by atoms with E-state index >= 15 is 0 Å². The molecule has 0 saturated heterocycles. The summed E-state index contributed by atoms with van der Waals surface area (Å²) in [5, 5.41) is 5.60. The predicted molar refractivity (Wildman–Crippen MR) is 139 cm³/mol. The summed E-state index contributed by atoms with van der Waals surface area (Å²) in [6, 6.07) is 8.16. The molecule has 8 nitrogen and oxygen atoms in total. The first-order valence-corrected chi connectivity index (χ1v) is 13.2. The molecule has 1 aromatic carbocycles. The number of carbonyl (C=O) groups is 4.